The third-order valence-electron chi connectivity index (χ3n) is 1.84. The van der Waals surface area contributed by atoms with Crippen LogP contribution in [0, 0.1) is 0 Å². The van der Waals surface area contributed by atoms with Crippen molar-refractivity contribution in [1.82, 2.24) is 4.90 Å². The average molecular weight is 205 g/mol. The predicted molar refractivity (Wildman–Crippen MR) is 52.7 cm³/mol. The van der Waals surface area contributed by atoms with Crippen molar-refractivity contribution in [3.05, 3.63) is 0 Å². The molecule has 0 spiro atoms. The summed E-state index contributed by atoms with van der Waals surface area (Å²) in [6.45, 7) is 1.63. The molecular weight excluding hydrogens is 190 g/mol. The summed E-state index contributed by atoms with van der Waals surface area (Å²) in [6, 6.07) is -0.530. The first-order valence-electron chi connectivity index (χ1n) is 3.99. The zero-order valence-corrected chi connectivity index (χ0v) is 9.01. The Bertz CT molecular complexity index is 196. The molecule has 76 valence electrons. The molecule has 0 heterocycles. The first kappa shape index (κ1) is 12.3. The van der Waals surface area contributed by atoms with E-state index in [1.54, 1.807) is 14.0 Å². The maximum Gasteiger partial charge on any atom is 0.328 e. The fraction of sp³-hybridized carbons (Fsp3) is 0.750. The van der Waals surface area contributed by atoms with E-state index in [0.717, 1.165) is 0 Å². The molecule has 13 heavy (non-hydrogen) atoms. The van der Waals surface area contributed by atoms with Gasteiger partial charge in [0.25, 0.3) is 0 Å². The summed E-state index contributed by atoms with van der Waals surface area (Å²) in [5.41, 5.74) is 0. The summed E-state index contributed by atoms with van der Waals surface area (Å²) in [7, 11) is 2.88. The molecular formula is C8H15NO3S. The Balaban J connectivity index is 4.16. The SMILES string of the molecule is COC(=O)C(C)N(C)C(=O)CCS. The molecule has 0 rings (SSSR count). The van der Waals surface area contributed by atoms with Gasteiger partial charge in [0.05, 0.1) is 7.11 Å². The van der Waals surface area contributed by atoms with E-state index in [1.165, 1.54) is 12.0 Å². The molecule has 1 atom stereocenters. The van der Waals surface area contributed by atoms with E-state index in [2.05, 4.69) is 17.4 Å². The van der Waals surface area contributed by atoms with Gasteiger partial charge in [0.15, 0.2) is 0 Å². The number of carbonyl (C=O) groups excluding carboxylic acids is 2. The van der Waals surface area contributed by atoms with Crippen LogP contribution in [0.25, 0.3) is 0 Å². The van der Waals surface area contributed by atoms with E-state index < -0.39 is 12.0 Å². The lowest BCUT2D eigenvalue weighted by molar-refractivity contribution is -0.150. The molecule has 0 radical (unpaired) electrons. The molecule has 0 fully saturated rings. The van der Waals surface area contributed by atoms with E-state index in [1.807, 2.05) is 0 Å². The average Bonchev–Trinajstić information content (AvgIpc) is 2.14. The Hall–Kier alpha value is -0.710. The molecule has 0 bridgehead atoms. The van der Waals surface area contributed by atoms with Gasteiger partial charge in [-0.1, -0.05) is 0 Å². The number of hydrogen-bond donors (Lipinski definition) is 1. The van der Waals surface area contributed by atoms with Crippen LogP contribution >= 0.6 is 12.6 Å². The highest BCUT2D eigenvalue weighted by Crippen LogP contribution is 2.01. The van der Waals surface area contributed by atoms with E-state index in [-0.39, 0.29) is 5.91 Å². The van der Waals surface area contributed by atoms with Crippen molar-refractivity contribution in [2.75, 3.05) is 19.9 Å². The summed E-state index contributed by atoms with van der Waals surface area (Å²) in [6.07, 6.45) is 0.334. The molecule has 0 aliphatic carbocycles. The minimum Gasteiger partial charge on any atom is -0.467 e. The Kier molecular flexibility index (Phi) is 5.53. The van der Waals surface area contributed by atoms with Crippen molar-refractivity contribution in [2.45, 2.75) is 19.4 Å². The number of likely N-dealkylation sites (N-methyl/N-ethyl adjacent to an activating group) is 1. The van der Waals surface area contributed by atoms with Gasteiger partial charge in [0.2, 0.25) is 5.91 Å². The van der Waals surface area contributed by atoms with Crippen LogP contribution in [-0.2, 0) is 14.3 Å². The number of thiol groups is 1. The zero-order valence-electron chi connectivity index (χ0n) is 8.11. The van der Waals surface area contributed by atoms with Gasteiger partial charge in [-0.2, -0.15) is 12.6 Å². The van der Waals surface area contributed by atoms with E-state index >= 15 is 0 Å². The quantitative estimate of drug-likeness (QED) is 0.531. The first-order valence-corrected chi connectivity index (χ1v) is 4.62. The standard InChI is InChI=1S/C8H15NO3S/c1-6(8(11)12-3)9(2)7(10)4-5-13/h6,13H,4-5H2,1-3H3. The van der Waals surface area contributed by atoms with Crippen molar-refractivity contribution in [3.8, 4) is 0 Å². The van der Waals surface area contributed by atoms with Gasteiger partial charge in [-0.25, -0.2) is 4.79 Å². The van der Waals surface area contributed by atoms with Crippen molar-refractivity contribution < 1.29 is 14.3 Å². The largest absolute Gasteiger partial charge is 0.467 e. The Labute approximate surface area is 83.6 Å². The highest BCUT2D eigenvalue weighted by molar-refractivity contribution is 7.80. The number of methoxy groups -OCH3 is 1. The van der Waals surface area contributed by atoms with Crippen molar-refractivity contribution >= 4 is 24.5 Å². The molecule has 4 nitrogen and oxygen atoms in total. The van der Waals surface area contributed by atoms with Crippen LogP contribution in [0.3, 0.4) is 0 Å². The van der Waals surface area contributed by atoms with Gasteiger partial charge in [-0.3, -0.25) is 4.79 Å². The monoisotopic (exact) mass is 205 g/mol. The van der Waals surface area contributed by atoms with Crippen LogP contribution in [0.15, 0.2) is 0 Å². The number of carbonyl (C=O) groups is 2. The molecule has 0 aliphatic heterocycles. The van der Waals surface area contributed by atoms with Crippen LogP contribution < -0.4 is 0 Å². The van der Waals surface area contributed by atoms with E-state index in [0.29, 0.717) is 12.2 Å². The number of amides is 1. The van der Waals surface area contributed by atoms with E-state index in [9.17, 15) is 9.59 Å². The van der Waals surface area contributed by atoms with E-state index in [4.69, 9.17) is 0 Å². The van der Waals surface area contributed by atoms with Gasteiger partial charge in [0.1, 0.15) is 6.04 Å². The molecule has 0 saturated carbocycles. The molecule has 1 amide bonds. The zero-order chi connectivity index (χ0) is 10.4. The number of rotatable bonds is 4. The van der Waals surface area contributed by atoms with Crippen molar-refractivity contribution in [1.29, 1.82) is 0 Å². The lowest BCUT2D eigenvalue weighted by atomic mass is 10.3. The molecule has 0 aromatic rings. The number of ether oxygens (including phenoxy) is 1. The van der Waals surface area contributed by atoms with Crippen LogP contribution in [0.4, 0.5) is 0 Å². The second kappa shape index (κ2) is 5.85. The van der Waals surface area contributed by atoms with Gasteiger partial charge < -0.3 is 9.64 Å². The molecule has 0 saturated heterocycles. The van der Waals surface area contributed by atoms with Gasteiger partial charge in [0, 0.05) is 13.5 Å². The molecule has 0 aromatic heterocycles. The Morgan fingerprint density at radius 2 is 2.08 bits per heavy atom. The summed E-state index contributed by atoms with van der Waals surface area (Å²) >= 11 is 3.93. The molecule has 1 unspecified atom stereocenters. The van der Waals surface area contributed by atoms with Crippen molar-refractivity contribution in [3.63, 3.8) is 0 Å². The summed E-state index contributed by atoms with van der Waals surface area (Å²) in [4.78, 5) is 23.7. The first-order chi connectivity index (χ1) is 6.04. The maximum atomic E-state index is 11.3. The fourth-order valence-corrected chi connectivity index (χ4v) is 1.01. The third kappa shape index (κ3) is 3.67. The number of esters is 1. The number of nitrogens with zero attached hydrogens (tertiary/aromatic N) is 1. The van der Waals surface area contributed by atoms with Gasteiger partial charge in [-0.05, 0) is 12.7 Å². The normalized spacial score (nSPS) is 12.0. The second-order valence-electron chi connectivity index (χ2n) is 2.68. The Morgan fingerprint density at radius 3 is 2.46 bits per heavy atom. The summed E-state index contributed by atoms with van der Waals surface area (Å²) < 4.78 is 4.51. The summed E-state index contributed by atoms with van der Waals surface area (Å²) in [5.74, 6) is -0.0280. The minimum absolute atomic E-state index is 0.104. The topological polar surface area (TPSA) is 46.6 Å². The lowest BCUT2D eigenvalue weighted by Gasteiger charge is -2.22. The third-order valence-corrected chi connectivity index (χ3v) is 2.07. The van der Waals surface area contributed by atoms with Crippen LogP contribution in [-0.4, -0.2) is 42.7 Å². The van der Waals surface area contributed by atoms with Gasteiger partial charge in [-0.15, -0.1) is 0 Å². The molecule has 0 aromatic carbocycles. The lowest BCUT2D eigenvalue weighted by Crippen LogP contribution is -2.40. The van der Waals surface area contributed by atoms with Crippen molar-refractivity contribution in [2.24, 2.45) is 0 Å². The summed E-state index contributed by atoms with van der Waals surface area (Å²) in [5, 5.41) is 0. The molecule has 0 aliphatic rings. The van der Waals surface area contributed by atoms with Crippen LogP contribution in [0.5, 0.6) is 0 Å². The molecule has 5 heteroatoms. The van der Waals surface area contributed by atoms with Gasteiger partial charge >= 0.3 is 5.97 Å². The maximum absolute atomic E-state index is 11.3. The fourth-order valence-electron chi connectivity index (χ4n) is 0.817. The van der Waals surface area contributed by atoms with Crippen LogP contribution in [0.2, 0.25) is 0 Å². The Morgan fingerprint density at radius 1 is 1.54 bits per heavy atom. The highest BCUT2D eigenvalue weighted by atomic mass is 32.1. The van der Waals surface area contributed by atoms with Crippen LogP contribution in [0.1, 0.15) is 13.3 Å². The minimum atomic E-state index is -0.530. The second-order valence-corrected chi connectivity index (χ2v) is 3.12. The molecule has 0 N–H and O–H groups in total. The predicted octanol–water partition coefficient (Wildman–Crippen LogP) is 0.326. The highest BCUT2D eigenvalue weighted by Gasteiger charge is 2.21. The number of hydrogen-bond acceptors (Lipinski definition) is 4. The smallest absolute Gasteiger partial charge is 0.328 e.